The van der Waals surface area contributed by atoms with Crippen molar-refractivity contribution in [2.45, 2.75) is 31.8 Å². The van der Waals surface area contributed by atoms with Gasteiger partial charge in [0.05, 0.1) is 19.2 Å². The molecule has 1 aliphatic rings. The van der Waals surface area contributed by atoms with Crippen LogP contribution in [0.4, 0.5) is 5.69 Å². The molecule has 0 atom stereocenters. The highest BCUT2D eigenvalue weighted by Crippen LogP contribution is 2.23. The molecule has 5 heteroatoms. The second-order valence-corrected chi connectivity index (χ2v) is 7.04. The van der Waals surface area contributed by atoms with Gasteiger partial charge in [0.2, 0.25) is 5.91 Å². The van der Waals surface area contributed by atoms with Gasteiger partial charge >= 0.3 is 0 Å². The van der Waals surface area contributed by atoms with Crippen LogP contribution >= 0.6 is 0 Å². The van der Waals surface area contributed by atoms with Crippen LogP contribution in [0, 0.1) is 0 Å². The molecule has 0 unspecified atom stereocenters. The van der Waals surface area contributed by atoms with E-state index in [-0.39, 0.29) is 17.6 Å². The Hall–Kier alpha value is -3.34. The maximum Gasteiger partial charge on any atom is 0.294 e. The smallest absolute Gasteiger partial charge is 0.294 e. The zero-order valence-electron chi connectivity index (χ0n) is 15.5. The van der Waals surface area contributed by atoms with E-state index in [0.717, 1.165) is 29.7 Å². The molecular weight excluding hydrogens is 352 g/mol. The number of amides is 2. The monoisotopic (exact) mass is 374 g/mol. The van der Waals surface area contributed by atoms with E-state index < -0.39 is 0 Å². The highest BCUT2D eigenvalue weighted by molar-refractivity contribution is 6.04. The van der Waals surface area contributed by atoms with Gasteiger partial charge in [-0.25, -0.2) is 0 Å². The number of nitrogens with zero attached hydrogens (tertiary/aromatic N) is 1. The van der Waals surface area contributed by atoms with Gasteiger partial charge in [-0.1, -0.05) is 42.5 Å². The Morgan fingerprint density at radius 3 is 2.46 bits per heavy atom. The normalized spacial score (nSPS) is 13.1. The number of furan rings is 1. The number of carbonyl (C=O) groups is 2. The lowest BCUT2D eigenvalue weighted by molar-refractivity contribution is -0.120. The molecule has 0 spiro atoms. The average Bonchev–Trinajstić information content (AvgIpc) is 3.34. The predicted molar refractivity (Wildman–Crippen MR) is 107 cm³/mol. The Kier molecular flexibility index (Phi) is 5.24. The zero-order chi connectivity index (χ0) is 19.3. The number of hydrogen-bond acceptors (Lipinski definition) is 3. The number of nitrogens with one attached hydrogen (secondary N) is 1. The molecule has 1 fully saturated rings. The lowest BCUT2D eigenvalue weighted by Crippen LogP contribution is -2.30. The fourth-order valence-electron chi connectivity index (χ4n) is 3.11. The number of hydrogen-bond donors (Lipinski definition) is 1. The first-order chi connectivity index (χ1) is 13.7. The maximum atomic E-state index is 13.1. The first kappa shape index (κ1) is 18.0. The summed E-state index contributed by atoms with van der Waals surface area (Å²) in [7, 11) is 0. The minimum absolute atomic E-state index is 0.0200. The Labute approximate surface area is 164 Å². The molecule has 2 amide bonds. The van der Waals surface area contributed by atoms with Crippen molar-refractivity contribution in [2.75, 3.05) is 4.90 Å². The Morgan fingerprint density at radius 1 is 0.964 bits per heavy atom. The van der Waals surface area contributed by atoms with Crippen LogP contribution in [0.25, 0.3) is 0 Å². The van der Waals surface area contributed by atoms with Crippen molar-refractivity contribution in [3.05, 3.63) is 89.9 Å². The largest absolute Gasteiger partial charge is 0.459 e. The molecule has 0 radical (unpaired) electrons. The second-order valence-electron chi connectivity index (χ2n) is 7.04. The highest BCUT2D eigenvalue weighted by Gasteiger charge is 2.24. The third-order valence-corrected chi connectivity index (χ3v) is 4.69. The third kappa shape index (κ3) is 4.49. The molecule has 1 heterocycles. The summed E-state index contributed by atoms with van der Waals surface area (Å²) in [6.45, 7) is 0.415. The van der Waals surface area contributed by atoms with E-state index in [2.05, 4.69) is 5.32 Å². The molecule has 28 heavy (non-hydrogen) atoms. The van der Waals surface area contributed by atoms with Gasteiger partial charge in [-0.05, 0) is 48.2 Å². The molecule has 0 bridgehead atoms. The summed E-state index contributed by atoms with van der Waals surface area (Å²) >= 11 is 0. The van der Waals surface area contributed by atoms with E-state index in [1.807, 2.05) is 54.6 Å². The SMILES string of the molecule is O=C(Cc1cccc(N(Cc2ccccc2)C(=O)c2ccco2)c1)NC1CC1. The van der Waals surface area contributed by atoms with Crippen molar-refractivity contribution in [3.8, 4) is 0 Å². The summed E-state index contributed by atoms with van der Waals surface area (Å²) in [6, 6.07) is 21.1. The van der Waals surface area contributed by atoms with E-state index in [1.165, 1.54) is 6.26 Å². The Morgan fingerprint density at radius 2 is 1.75 bits per heavy atom. The third-order valence-electron chi connectivity index (χ3n) is 4.69. The molecule has 1 N–H and O–H groups in total. The van der Waals surface area contributed by atoms with Gasteiger partial charge in [0.1, 0.15) is 0 Å². The average molecular weight is 374 g/mol. The van der Waals surface area contributed by atoms with E-state index in [1.54, 1.807) is 17.0 Å². The number of rotatable bonds is 7. The lowest BCUT2D eigenvalue weighted by Gasteiger charge is -2.22. The topological polar surface area (TPSA) is 62.6 Å². The van der Waals surface area contributed by atoms with Crippen LogP contribution in [-0.2, 0) is 17.8 Å². The predicted octanol–water partition coefficient (Wildman–Crippen LogP) is 3.95. The standard InChI is InChI=1S/C23H22N2O3/c26-22(24-19-11-12-19)15-18-8-4-9-20(14-18)25(16-17-6-2-1-3-7-17)23(27)21-10-5-13-28-21/h1-10,13-14,19H,11-12,15-16H2,(H,24,26). The van der Waals surface area contributed by atoms with Gasteiger partial charge in [-0.15, -0.1) is 0 Å². The Balaban J connectivity index is 1.59. The van der Waals surface area contributed by atoms with Gasteiger partial charge in [-0.2, -0.15) is 0 Å². The van der Waals surface area contributed by atoms with Crippen molar-refractivity contribution in [1.82, 2.24) is 5.32 Å². The van der Waals surface area contributed by atoms with Gasteiger partial charge in [0.15, 0.2) is 5.76 Å². The molecule has 4 rings (SSSR count). The minimum Gasteiger partial charge on any atom is -0.459 e. The zero-order valence-corrected chi connectivity index (χ0v) is 15.5. The van der Waals surface area contributed by atoms with E-state index >= 15 is 0 Å². The second kappa shape index (κ2) is 8.13. The molecule has 142 valence electrons. The van der Waals surface area contributed by atoms with Gasteiger partial charge < -0.3 is 14.6 Å². The molecule has 2 aromatic carbocycles. The quantitative estimate of drug-likeness (QED) is 0.681. The van der Waals surface area contributed by atoms with E-state index in [9.17, 15) is 9.59 Å². The fraction of sp³-hybridized carbons (Fsp3) is 0.217. The summed E-state index contributed by atoms with van der Waals surface area (Å²) in [5.41, 5.74) is 2.63. The van der Waals surface area contributed by atoms with Crippen molar-refractivity contribution < 1.29 is 14.0 Å². The molecule has 1 aliphatic carbocycles. The van der Waals surface area contributed by atoms with Crippen LogP contribution in [-0.4, -0.2) is 17.9 Å². The maximum absolute atomic E-state index is 13.1. The van der Waals surface area contributed by atoms with Crippen molar-refractivity contribution in [3.63, 3.8) is 0 Å². The van der Waals surface area contributed by atoms with Crippen LogP contribution in [0.3, 0.4) is 0 Å². The number of carbonyl (C=O) groups excluding carboxylic acids is 2. The van der Waals surface area contributed by atoms with Crippen LogP contribution in [0.2, 0.25) is 0 Å². The molecule has 5 nitrogen and oxygen atoms in total. The lowest BCUT2D eigenvalue weighted by atomic mass is 10.1. The van der Waals surface area contributed by atoms with Crippen LogP contribution in [0.15, 0.2) is 77.4 Å². The van der Waals surface area contributed by atoms with Crippen molar-refractivity contribution >= 4 is 17.5 Å². The first-order valence-corrected chi connectivity index (χ1v) is 9.46. The number of benzene rings is 2. The summed E-state index contributed by atoms with van der Waals surface area (Å²) in [4.78, 5) is 26.9. The molecule has 1 saturated carbocycles. The Bertz CT molecular complexity index is 947. The first-order valence-electron chi connectivity index (χ1n) is 9.46. The summed E-state index contributed by atoms with van der Waals surface area (Å²) in [5, 5.41) is 3.00. The minimum atomic E-state index is -0.214. The van der Waals surface area contributed by atoms with E-state index in [0.29, 0.717) is 19.0 Å². The summed E-state index contributed by atoms with van der Waals surface area (Å²) < 4.78 is 5.33. The fourth-order valence-corrected chi connectivity index (χ4v) is 3.11. The molecule has 0 aliphatic heterocycles. The van der Waals surface area contributed by atoms with Crippen molar-refractivity contribution in [1.29, 1.82) is 0 Å². The summed E-state index contributed by atoms with van der Waals surface area (Å²) in [6.07, 6.45) is 3.92. The van der Waals surface area contributed by atoms with Gasteiger partial charge in [-0.3, -0.25) is 9.59 Å². The van der Waals surface area contributed by atoms with Crippen molar-refractivity contribution in [2.24, 2.45) is 0 Å². The van der Waals surface area contributed by atoms with Gasteiger partial charge in [0.25, 0.3) is 5.91 Å². The molecule has 3 aromatic rings. The van der Waals surface area contributed by atoms with Crippen LogP contribution in [0.1, 0.15) is 34.5 Å². The summed E-state index contributed by atoms with van der Waals surface area (Å²) in [5.74, 6) is 0.0906. The van der Waals surface area contributed by atoms with Crippen LogP contribution in [0.5, 0.6) is 0 Å². The molecular formula is C23H22N2O3. The molecule has 0 saturated heterocycles. The van der Waals surface area contributed by atoms with Crippen LogP contribution < -0.4 is 10.2 Å². The number of anilines is 1. The highest BCUT2D eigenvalue weighted by atomic mass is 16.3. The van der Waals surface area contributed by atoms with Gasteiger partial charge in [0, 0.05) is 11.7 Å². The molecule has 1 aromatic heterocycles. The van der Waals surface area contributed by atoms with E-state index in [4.69, 9.17) is 4.42 Å².